The Hall–Kier alpha value is -2.65. The topological polar surface area (TPSA) is 50.1 Å². The van der Waals surface area contributed by atoms with Crippen LogP contribution in [0.15, 0.2) is 36.4 Å². The van der Waals surface area contributed by atoms with E-state index in [0.29, 0.717) is 10.8 Å². The van der Waals surface area contributed by atoms with Crippen molar-refractivity contribution in [2.75, 3.05) is 18.0 Å². The number of anilines is 1. The van der Waals surface area contributed by atoms with E-state index >= 15 is 0 Å². The van der Waals surface area contributed by atoms with Crippen LogP contribution in [0.2, 0.25) is 5.02 Å². The lowest BCUT2D eigenvalue weighted by atomic mass is 9.57. The number of benzene rings is 1. The smallest absolute Gasteiger partial charge is 0.355 e. The first-order valence-electron chi connectivity index (χ1n) is 12.2. The zero-order chi connectivity index (χ0) is 25.5. The maximum atomic E-state index is 14.0. The Balaban J connectivity index is 1.27. The van der Waals surface area contributed by atoms with Crippen LogP contribution in [0.3, 0.4) is 0 Å². The van der Waals surface area contributed by atoms with Gasteiger partial charge in [0.05, 0.1) is 12.2 Å². The van der Waals surface area contributed by atoms with Crippen molar-refractivity contribution in [3.8, 4) is 5.69 Å². The number of halogens is 4. The van der Waals surface area contributed by atoms with Gasteiger partial charge in [0.2, 0.25) is 0 Å². The summed E-state index contributed by atoms with van der Waals surface area (Å²) in [6, 6.07) is 11.5. The molecule has 2 aliphatic heterocycles. The summed E-state index contributed by atoms with van der Waals surface area (Å²) in [5.41, 5.74) is 0.769. The summed E-state index contributed by atoms with van der Waals surface area (Å²) >= 11 is 6.27. The number of nitrogens with zero attached hydrogens (tertiary/aromatic N) is 6. The van der Waals surface area contributed by atoms with Gasteiger partial charge in [0.15, 0.2) is 5.82 Å². The van der Waals surface area contributed by atoms with Crippen molar-refractivity contribution in [2.24, 2.45) is 5.41 Å². The van der Waals surface area contributed by atoms with Crippen molar-refractivity contribution < 1.29 is 13.2 Å². The highest BCUT2D eigenvalue weighted by Crippen LogP contribution is 2.56. The fourth-order valence-corrected chi connectivity index (χ4v) is 6.12. The Labute approximate surface area is 213 Å². The highest BCUT2D eigenvalue weighted by molar-refractivity contribution is 6.30. The Morgan fingerprint density at radius 2 is 1.78 bits per heavy atom. The molecule has 6 rings (SSSR count). The third kappa shape index (κ3) is 3.70. The fraction of sp³-hybridized carbons (Fsp3) is 0.500. The number of hydrogen-bond donors (Lipinski definition) is 0. The quantitative estimate of drug-likeness (QED) is 0.449. The Bertz CT molecular complexity index is 1320. The van der Waals surface area contributed by atoms with Crippen LogP contribution in [0.1, 0.15) is 55.5 Å². The van der Waals surface area contributed by atoms with E-state index in [1.54, 1.807) is 12.1 Å². The number of pyridine rings is 1. The fourth-order valence-electron chi connectivity index (χ4n) is 5.92. The SMILES string of the molecule is Cc1cccc(N2CC3(CC(c4nnc5n4-c4ccc(Cl)cc4CN(C(C)(C)C(F)(F)F)C5)C3)C2)n1. The minimum absolute atomic E-state index is 0.0521. The maximum absolute atomic E-state index is 14.0. The molecule has 4 heterocycles. The summed E-state index contributed by atoms with van der Waals surface area (Å²) in [6.07, 6.45) is -2.44. The molecule has 0 radical (unpaired) electrons. The molecule has 0 bridgehead atoms. The molecule has 6 nitrogen and oxygen atoms in total. The van der Waals surface area contributed by atoms with Gasteiger partial charge in [-0.05, 0) is 69.5 Å². The molecule has 0 unspecified atom stereocenters. The van der Waals surface area contributed by atoms with Crippen LogP contribution in [0.5, 0.6) is 0 Å². The number of rotatable bonds is 3. The van der Waals surface area contributed by atoms with Crippen LogP contribution >= 0.6 is 11.6 Å². The van der Waals surface area contributed by atoms with E-state index in [0.717, 1.165) is 54.5 Å². The van der Waals surface area contributed by atoms with Gasteiger partial charge >= 0.3 is 6.18 Å². The van der Waals surface area contributed by atoms with Crippen molar-refractivity contribution in [3.63, 3.8) is 0 Å². The first-order chi connectivity index (χ1) is 17.0. The van der Waals surface area contributed by atoms with Crippen molar-refractivity contribution >= 4 is 17.4 Å². The van der Waals surface area contributed by atoms with Crippen molar-refractivity contribution in [1.29, 1.82) is 0 Å². The highest BCUT2D eigenvalue weighted by atomic mass is 35.5. The monoisotopic (exact) mass is 516 g/mol. The van der Waals surface area contributed by atoms with E-state index < -0.39 is 11.7 Å². The van der Waals surface area contributed by atoms with Crippen LogP contribution in [-0.2, 0) is 13.1 Å². The Morgan fingerprint density at radius 1 is 1.03 bits per heavy atom. The van der Waals surface area contributed by atoms with Crippen molar-refractivity contribution in [3.05, 3.63) is 64.3 Å². The first-order valence-corrected chi connectivity index (χ1v) is 12.6. The zero-order valence-electron chi connectivity index (χ0n) is 20.5. The van der Waals surface area contributed by atoms with Crippen LogP contribution < -0.4 is 4.90 Å². The lowest BCUT2D eigenvalue weighted by Crippen LogP contribution is -2.62. The number of fused-ring (bicyclic) bond motifs is 3. The number of aromatic nitrogens is 4. The molecule has 190 valence electrons. The van der Waals surface area contributed by atoms with Gasteiger partial charge in [-0.25, -0.2) is 4.98 Å². The van der Waals surface area contributed by atoms with E-state index in [9.17, 15) is 13.2 Å². The number of aryl methyl sites for hydroxylation is 1. The van der Waals surface area contributed by atoms with E-state index in [1.165, 1.54) is 18.7 Å². The normalized spacial score (nSPS) is 19.9. The summed E-state index contributed by atoms with van der Waals surface area (Å²) in [5.74, 6) is 2.59. The Morgan fingerprint density at radius 3 is 2.47 bits per heavy atom. The average Bonchev–Trinajstić information content (AvgIpc) is 3.06. The van der Waals surface area contributed by atoms with E-state index in [2.05, 4.69) is 20.1 Å². The average molecular weight is 517 g/mol. The molecule has 0 N–H and O–H groups in total. The third-order valence-electron chi connectivity index (χ3n) is 8.19. The largest absolute Gasteiger partial charge is 0.406 e. The summed E-state index contributed by atoms with van der Waals surface area (Å²) in [6.45, 7) is 6.52. The van der Waals surface area contributed by atoms with Gasteiger partial charge in [-0.2, -0.15) is 13.2 Å². The minimum Gasteiger partial charge on any atom is -0.355 e. The zero-order valence-corrected chi connectivity index (χ0v) is 21.2. The van der Waals surface area contributed by atoms with Crippen molar-refractivity contribution in [1.82, 2.24) is 24.6 Å². The standard InChI is InChI=1S/C26H28ClF3N6/c1-16-5-4-6-21(31-16)34-14-25(15-34)10-18(11-25)23-33-32-22-13-35(24(2,3)26(28,29)30)12-17-9-19(27)7-8-20(17)36(22)23/h4-9,18H,10-15H2,1-3H3. The number of hydrogen-bond acceptors (Lipinski definition) is 5. The van der Waals surface area contributed by atoms with E-state index in [1.807, 2.05) is 35.8 Å². The second kappa shape index (κ2) is 7.92. The highest BCUT2D eigenvalue weighted by Gasteiger charge is 2.55. The molecule has 2 fully saturated rings. The predicted molar refractivity (Wildman–Crippen MR) is 131 cm³/mol. The number of alkyl halides is 3. The predicted octanol–water partition coefficient (Wildman–Crippen LogP) is 5.66. The third-order valence-corrected chi connectivity index (χ3v) is 8.42. The van der Waals surface area contributed by atoms with Gasteiger partial charge in [-0.1, -0.05) is 17.7 Å². The lowest BCUT2D eigenvalue weighted by Gasteiger charge is -2.59. The van der Waals surface area contributed by atoms with Gasteiger partial charge in [0.25, 0.3) is 0 Å². The molecule has 1 saturated heterocycles. The Kier molecular flexibility index (Phi) is 5.22. The van der Waals surface area contributed by atoms with Crippen LogP contribution in [-0.4, -0.2) is 49.5 Å². The summed E-state index contributed by atoms with van der Waals surface area (Å²) in [7, 11) is 0. The molecule has 1 saturated carbocycles. The molecular weight excluding hydrogens is 489 g/mol. The molecule has 1 aromatic carbocycles. The van der Waals surface area contributed by atoms with Gasteiger partial charge in [-0.15, -0.1) is 10.2 Å². The molecule has 0 amide bonds. The van der Waals surface area contributed by atoms with Crippen molar-refractivity contribution in [2.45, 2.75) is 64.3 Å². The lowest BCUT2D eigenvalue weighted by molar-refractivity contribution is -0.224. The molecule has 0 atom stereocenters. The molecule has 2 aromatic heterocycles. The van der Waals surface area contributed by atoms with Gasteiger partial charge in [0, 0.05) is 41.7 Å². The summed E-state index contributed by atoms with van der Waals surface area (Å²) in [4.78, 5) is 8.36. The summed E-state index contributed by atoms with van der Waals surface area (Å²) < 4.78 is 43.9. The maximum Gasteiger partial charge on any atom is 0.406 e. The van der Waals surface area contributed by atoms with Crippen LogP contribution in [0.25, 0.3) is 5.69 Å². The first kappa shape index (κ1) is 23.7. The van der Waals surface area contributed by atoms with Gasteiger partial charge in [-0.3, -0.25) is 9.47 Å². The van der Waals surface area contributed by atoms with E-state index in [4.69, 9.17) is 11.6 Å². The molecular formula is C26H28ClF3N6. The molecule has 1 aliphatic carbocycles. The molecule has 1 spiro atoms. The molecule has 10 heteroatoms. The molecule has 3 aromatic rings. The second-order valence-electron chi connectivity index (χ2n) is 11.1. The summed E-state index contributed by atoms with van der Waals surface area (Å²) in [5, 5.41) is 9.42. The molecule has 36 heavy (non-hydrogen) atoms. The van der Waals surface area contributed by atoms with Gasteiger partial charge < -0.3 is 4.90 Å². The second-order valence-corrected chi connectivity index (χ2v) is 11.5. The van der Waals surface area contributed by atoms with E-state index in [-0.39, 0.29) is 24.4 Å². The molecule has 3 aliphatic rings. The van der Waals surface area contributed by atoms with Crippen LogP contribution in [0, 0.1) is 12.3 Å². The van der Waals surface area contributed by atoms with Crippen LogP contribution in [0.4, 0.5) is 19.0 Å². The minimum atomic E-state index is -4.40. The van der Waals surface area contributed by atoms with Gasteiger partial charge in [0.1, 0.15) is 17.2 Å².